The van der Waals surface area contributed by atoms with Gasteiger partial charge >= 0.3 is 0 Å². The van der Waals surface area contributed by atoms with E-state index in [1.54, 1.807) is 6.20 Å². The second-order valence-electron chi connectivity index (χ2n) is 6.29. The van der Waals surface area contributed by atoms with Crippen molar-refractivity contribution in [1.82, 2.24) is 20.4 Å². The van der Waals surface area contributed by atoms with Gasteiger partial charge in [-0.05, 0) is 31.0 Å². The molecule has 0 fully saturated rings. The fraction of sp³-hybridized carbons (Fsp3) is 0.316. The Morgan fingerprint density at radius 1 is 1.20 bits per heavy atom. The maximum Gasteiger partial charge on any atom is 0.139 e. The van der Waals surface area contributed by atoms with E-state index in [2.05, 4.69) is 45.6 Å². The zero-order valence-electron chi connectivity index (χ0n) is 14.5. The van der Waals surface area contributed by atoms with Gasteiger partial charge in [-0.25, -0.2) is 15.4 Å². The number of hydrogen-bond acceptors (Lipinski definition) is 6. The Labute approximate surface area is 147 Å². The molecule has 0 bridgehead atoms. The number of pyridine rings is 2. The van der Waals surface area contributed by atoms with Crippen LogP contribution in [0.5, 0.6) is 0 Å². The smallest absolute Gasteiger partial charge is 0.139 e. The third-order valence-electron chi connectivity index (χ3n) is 4.74. The minimum Gasteiger partial charge on any atom is -0.338 e. The number of nitrogens with one attached hydrogen (secondary N) is 2. The first kappa shape index (κ1) is 15.8. The van der Waals surface area contributed by atoms with Crippen molar-refractivity contribution in [2.75, 3.05) is 11.9 Å². The summed E-state index contributed by atoms with van der Waals surface area (Å²) >= 11 is 0. The molecule has 4 heterocycles. The Hall–Kier alpha value is -2.73. The summed E-state index contributed by atoms with van der Waals surface area (Å²) in [6, 6.07) is 6.50. The maximum atomic E-state index is 4.77. The van der Waals surface area contributed by atoms with E-state index < -0.39 is 0 Å². The van der Waals surface area contributed by atoms with E-state index in [9.17, 15) is 0 Å². The number of nitrogens with zero attached hydrogens (tertiary/aromatic N) is 4. The van der Waals surface area contributed by atoms with Crippen LogP contribution in [0.15, 0.2) is 41.8 Å². The molecule has 0 aliphatic carbocycles. The molecule has 0 saturated heterocycles. The second-order valence-corrected chi connectivity index (χ2v) is 6.29. The molecule has 0 radical (unpaired) electrons. The average molecular weight is 334 g/mol. The molecule has 2 aliphatic rings. The fourth-order valence-electron chi connectivity index (χ4n) is 3.30. The molecule has 128 valence electrons. The Morgan fingerprint density at radius 2 is 2.08 bits per heavy atom. The van der Waals surface area contributed by atoms with Crippen LogP contribution in [-0.4, -0.2) is 33.9 Å². The normalized spacial score (nSPS) is 15.4. The van der Waals surface area contributed by atoms with E-state index in [0.717, 1.165) is 47.7 Å². The van der Waals surface area contributed by atoms with Crippen molar-refractivity contribution in [1.29, 1.82) is 0 Å². The third kappa shape index (κ3) is 2.89. The monoisotopic (exact) mass is 334 g/mol. The number of hydrazine groups is 1. The largest absolute Gasteiger partial charge is 0.338 e. The van der Waals surface area contributed by atoms with Crippen molar-refractivity contribution < 1.29 is 0 Å². The summed E-state index contributed by atoms with van der Waals surface area (Å²) in [6.45, 7) is 5.15. The predicted octanol–water partition coefficient (Wildman–Crippen LogP) is 3.44. The molecule has 4 rings (SSSR count). The van der Waals surface area contributed by atoms with Gasteiger partial charge in [-0.2, -0.15) is 0 Å². The molecule has 25 heavy (non-hydrogen) atoms. The van der Waals surface area contributed by atoms with Crippen molar-refractivity contribution in [3.05, 3.63) is 47.9 Å². The lowest BCUT2D eigenvalue weighted by Crippen LogP contribution is -2.45. The van der Waals surface area contributed by atoms with Crippen LogP contribution in [0.2, 0.25) is 0 Å². The summed E-state index contributed by atoms with van der Waals surface area (Å²) < 4.78 is 0. The van der Waals surface area contributed by atoms with E-state index in [-0.39, 0.29) is 0 Å². The summed E-state index contributed by atoms with van der Waals surface area (Å²) in [6.07, 6.45) is 9.52. The van der Waals surface area contributed by atoms with Gasteiger partial charge in [0.2, 0.25) is 0 Å². The lowest BCUT2D eigenvalue weighted by atomic mass is 10.00. The van der Waals surface area contributed by atoms with Crippen LogP contribution in [0, 0.1) is 0 Å². The maximum absolute atomic E-state index is 4.77. The summed E-state index contributed by atoms with van der Waals surface area (Å²) in [4.78, 5) is 13.5. The molecule has 0 amide bonds. The lowest BCUT2D eigenvalue weighted by molar-refractivity contribution is 0.279. The SMILES string of the molecule is CCC(CC)NN1C=NC2=C(C1)c1ccncc1Nc1ncccc12. The van der Waals surface area contributed by atoms with Crippen LogP contribution in [0.4, 0.5) is 11.5 Å². The highest BCUT2D eigenvalue weighted by Crippen LogP contribution is 2.40. The van der Waals surface area contributed by atoms with Crippen LogP contribution in [0.3, 0.4) is 0 Å². The Balaban J connectivity index is 1.77. The standard InChI is InChI=1S/C19H22N6/c1-3-13(4-2)24-25-11-16-14-7-9-20-10-17(14)23-19-15(6-5-8-21-19)18(16)22-12-25/h5-10,12-13,24H,3-4,11H2,1-2H3,(H,21,23). The van der Waals surface area contributed by atoms with E-state index in [1.807, 2.05) is 30.9 Å². The topological polar surface area (TPSA) is 65.4 Å². The number of fused-ring (bicyclic) bond motifs is 4. The third-order valence-corrected chi connectivity index (χ3v) is 4.74. The van der Waals surface area contributed by atoms with Gasteiger partial charge in [0.15, 0.2) is 0 Å². The highest BCUT2D eigenvalue weighted by Gasteiger charge is 2.26. The predicted molar refractivity (Wildman–Crippen MR) is 101 cm³/mol. The molecule has 0 aromatic carbocycles. The quantitative estimate of drug-likeness (QED) is 0.897. The van der Waals surface area contributed by atoms with Gasteiger partial charge in [0.1, 0.15) is 12.2 Å². The summed E-state index contributed by atoms with van der Waals surface area (Å²) in [5.74, 6) is 0.820. The van der Waals surface area contributed by atoms with Gasteiger partial charge in [0, 0.05) is 35.1 Å². The highest BCUT2D eigenvalue weighted by molar-refractivity contribution is 6.02. The highest BCUT2D eigenvalue weighted by atomic mass is 15.5. The minimum atomic E-state index is 0.448. The first-order valence-electron chi connectivity index (χ1n) is 8.77. The molecule has 6 nitrogen and oxygen atoms in total. The molecule has 6 heteroatoms. The summed E-state index contributed by atoms with van der Waals surface area (Å²) in [5.41, 5.74) is 8.82. The summed E-state index contributed by atoms with van der Waals surface area (Å²) in [5, 5.41) is 5.49. The number of aromatic nitrogens is 2. The number of hydrogen-bond donors (Lipinski definition) is 2. The lowest BCUT2D eigenvalue weighted by Gasteiger charge is -2.30. The van der Waals surface area contributed by atoms with Crippen LogP contribution >= 0.6 is 0 Å². The van der Waals surface area contributed by atoms with E-state index in [1.165, 1.54) is 5.57 Å². The van der Waals surface area contributed by atoms with Gasteiger partial charge in [-0.15, -0.1) is 0 Å². The molecular formula is C19H22N6. The van der Waals surface area contributed by atoms with Crippen molar-refractivity contribution in [2.45, 2.75) is 32.7 Å². The Morgan fingerprint density at radius 3 is 2.92 bits per heavy atom. The van der Waals surface area contributed by atoms with Gasteiger partial charge < -0.3 is 5.32 Å². The first-order chi connectivity index (χ1) is 12.3. The Bertz CT molecular complexity index is 837. The summed E-state index contributed by atoms with van der Waals surface area (Å²) in [7, 11) is 0. The molecule has 0 spiro atoms. The molecule has 0 atom stereocenters. The number of rotatable bonds is 4. The fourth-order valence-corrected chi connectivity index (χ4v) is 3.30. The van der Waals surface area contributed by atoms with Crippen molar-refractivity contribution in [3.8, 4) is 0 Å². The van der Waals surface area contributed by atoms with Crippen molar-refractivity contribution in [3.63, 3.8) is 0 Å². The van der Waals surface area contributed by atoms with Gasteiger partial charge in [-0.3, -0.25) is 9.99 Å². The van der Waals surface area contributed by atoms with E-state index >= 15 is 0 Å². The minimum absolute atomic E-state index is 0.448. The zero-order valence-corrected chi connectivity index (χ0v) is 14.5. The van der Waals surface area contributed by atoms with Gasteiger partial charge in [-0.1, -0.05) is 13.8 Å². The van der Waals surface area contributed by atoms with E-state index in [0.29, 0.717) is 6.04 Å². The van der Waals surface area contributed by atoms with E-state index in [4.69, 9.17) is 4.99 Å². The molecule has 2 aromatic rings. The molecule has 2 aromatic heterocycles. The van der Waals surface area contributed by atoms with Gasteiger partial charge in [0.25, 0.3) is 0 Å². The van der Waals surface area contributed by atoms with Crippen LogP contribution < -0.4 is 10.7 Å². The first-order valence-corrected chi connectivity index (χ1v) is 8.77. The second kappa shape index (κ2) is 6.64. The average Bonchev–Trinajstić information content (AvgIpc) is 2.80. The van der Waals surface area contributed by atoms with Crippen LogP contribution in [0.25, 0.3) is 11.3 Å². The molecule has 2 N–H and O–H groups in total. The van der Waals surface area contributed by atoms with Crippen LogP contribution in [0.1, 0.15) is 37.8 Å². The number of aliphatic imine (C=N–C) groups is 1. The van der Waals surface area contributed by atoms with Crippen LogP contribution in [-0.2, 0) is 0 Å². The zero-order chi connectivity index (χ0) is 17.2. The molecule has 0 saturated carbocycles. The molecule has 2 aliphatic heterocycles. The number of anilines is 2. The molecular weight excluding hydrogens is 312 g/mol. The van der Waals surface area contributed by atoms with Crippen molar-refractivity contribution in [2.24, 2.45) is 4.99 Å². The van der Waals surface area contributed by atoms with Gasteiger partial charge in [0.05, 0.1) is 24.1 Å². The Kier molecular flexibility index (Phi) is 4.19. The molecule has 0 unspecified atom stereocenters. The van der Waals surface area contributed by atoms with Crippen molar-refractivity contribution >= 4 is 29.1 Å².